The smallest absolute Gasteiger partial charge is 0.00948 e. The van der Waals surface area contributed by atoms with E-state index < -0.39 is 0 Å². The van der Waals surface area contributed by atoms with Crippen molar-refractivity contribution in [1.29, 1.82) is 0 Å². The van der Waals surface area contributed by atoms with Crippen molar-refractivity contribution in [1.82, 2.24) is 0 Å². The predicted molar refractivity (Wildman–Crippen MR) is 56.9 cm³/mol. The zero-order valence-electron chi connectivity index (χ0n) is 7.94. The molecule has 0 aliphatic heterocycles. The highest BCUT2D eigenvalue weighted by molar-refractivity contribution is 7.83. The first-order valence-corrected chi connectivity index (χ1v) is 7.19. The topological polar surface area (TPSA) is 0 Å². The van der Waals surface area contributed by atoms with Crippen LogP contribution in [0.5, 0.6) is 0 Å². The molecule has 0 N–H and O–H groups in total. The summed E-state index contributed by atoms with van der Waals surface area (Å²) in [5.41, 5.74) is 0. The Bertz CT molecular complexity index is 83.6. The van der Waals surface area contributed by atoms with E-state index in [-0.39, 0.29) is 7.27 Å². The number of rotatable bonds is 6. The molecule has 1 atom stereocenters. The lowest BCUT2D eigenvalue weighted by Crippen LogP contribution is -1.93. The molecule has 2 heteroatoms. The minimum Gasteiger partial charge on any atom is -0.0964 e. The standard InChI is InChI=1S/C9H20ClP/c1-4-5-6-7-11(10)8-9(2)3/h9H,4-8H2,1-3H3. The Morgan fingerprint density at radius 2 is 1.91 bits per heavy atom. The van der Waals surface area contributed by atoms with E-state index in [9.17, 15) is 0 Å². The number of unbranched alkanes of at least 4 members (excludes halogenated alkanes) is 2. The summed E-state index contributed by atoms with van der Waals surface area (Å²) in [4.78, 5) is 0. The summed E-state index contributed by atoms with van der Waals surface area (Å²) in [6.07, 6.45) is 6.49. The van der Waals surface area contributed by atoms with E-state index in [1.165, 1.54) is 31.6 Å². The van der Waals surface area contributed by atoms with Gasteiger partial charge in [-0.1, -0.05) is 44.9 Å². The maximum Gasteiger partial charge on any atom is -0.00948 e. The molecule has 0 aromatic carbocycles. The van der Waals surface area contributed by atoms with Crippen molar-refractivity contribution in [3.8, 4) is 0 Å². The highest BCUT2D eigenvalue weighted by atomic mass is 35.7. The van der Waals surface area contributed by atoms with Gasteiger partial charge in [-0.3, -0.25) is 0 Å². The van der Waals surface area contributed by atoms with Crippen molar-refractivity contribution in [2.45, 2.75) is 40.0 Å². The summed E-state index contributed by atoms with van der Waals surface area (Å²) in [7, 11) is -0.159. The molecule has 0 aliphatic carbocycles. The minimum atomic E-state index is -0.159. The number of halogens is 1. The third-order valence-electron chi connectivity index (χ3n) is 1.57. The molecule has 1 unspecified atom stereocenters. The zero-order chi connectivity index (χ0) is 8.69. The molecule has 0 aromatic heterocycles. The lowest BCUT2D eigenvalue weighted by Gasteiger charge is -2.10. The van der Waals surface area contributed by atoms with Crippen molar-refractivity contribution in [2.24, 2.45) is 5.92 Å². The van der Waals surface area contributed by atoms with Crippen LogP contribution in [0.1, 0.15) is 40.0 Å². The van der Waals surface area contributed by atoms with Gasteiger partial charge in [0.25, 0.3) is 0 Å². The van der Waals surface area contributed by atoms with Gasteiger partial charge >= 0.3 is 0 Å². The van der Waals surface area contributed by atoms with Gasteiger partial charge in [0.05, 0.1) is 0 Å². The van der Waals surface area contributed by atoms with Crippen molar-refractivity contribution in [3.05, 3.63) is 0 Å². The van der Waals surface area contributed by atoms with Crippen LogP contribution in [0.15, 0.2) is 0 Å². The van der Waals surface area contributed by atoms with Crippen LogP contribution in [0, 0.1) is 5.92 Å². The van der Waals surface area contributed by atoms with Crippen LogP contribution in [0.3, 0.4) is 0 Å². The summed E-state index contributed by atoms with van der Waals surface area (Å²) >= 11 is 6.18. The molecule has 0 bridgehead atoms. The molecule has 0 rings (SSSR count). The van der Waals surface area contributed by atoms with Gasteiger partial charge in [-0.25, -0.2) is 0 Å². The van der Waals surface area contributed by atoms with Crippen LogP contribution >= 0.6 is 18.5 Å². The van der Waals surface area contributed by atoms with Crippen LogP contribution < -0.4 is 0 Å². The average Bonchev–Trinajstić information content (AvgIpc) is 1.86. The summed E-state index contributed by atoms with van der Waals surface area (Å²) in [6.45, 7) is 6.73. The van der Waals surface area contributed by atoms with E-state index >= 15 is 0 Å². The third kappa shape index (κ3) is 8.63. The van der Waals surface area contributed by atoms with Gasteiger partial charge in [-0.2, -0.15) is 0 Å². The first-order valence-electron chi connectivity index (χ1n) is 4.57. The molecule has 0 aliphatic rings. The van der Waals surface area contributed by atoms with Gasteiger partial charge in [-0.05, 0) is 31.9 Å². The molecule has 0 spiro atoms. The molecule has 0 heterocycles. The van der Waals surface area contributed by atoms with E-state index in [1.807, 2.05) is 0 Å². The fourth-order valence-corrected chi connectivity index (χ4v) is 3.75. The summed E-state index contributed by atoms with van der Waals surface area (Å²) < 4.78 is 0. The Labute approximate surface area is 77.3 Å². The van der Waals surface area contributed by atoms with Crippen molar-refractivity contribution < 1.29 is 0 Å². The van der Waals surface area contributed by atoms with Gasteiger partial charge in [0.2, 0.25) is 0 Å². The van der Waals surface area contributed by atoms with Gasteiger partial charge in [0, 0.05) is 0 Å². The predicted octanol–water partition coefficient (Wildman–Crippen LogP) is 4.47. The maximum absolute atomic E-state index is 6.18. The van der Waals surface area contributed by atoms with Crippen LogP contribution in [-0.4, -0.2) is 12.3 Å². The van der Waals surface area contributed by atoms with E-state index in [1.54, 1.807) is 0 Å². The Morgan fingerprint density at radius 1 is 1.27 bits per heavy atom. The normalized spacial score (nSPS) is 13.9. The van der Waals surface area contributed by atoms with Crippen molar-refractivity contribution >= 4 is 18.5 Å². The number of hydrogen-bond acceptors (Lipinski definition) is 0. The second-order valence-corrected chi connectivity index (χ2v) is 6.64. The second kappa shape index (κ2) is 7.37. The van der Waals surface area contributed by atoms with Crippen LogP contribution in [0.2, 0.25) is 0 Å². The lowest BCUT2D eigenvalue weighted by molar-refractivity contribution is 0.739. The van der Waals surface area contributed by atoms with Crippen molar-refractivity contribution in [3.63, 3.8) is 0 Å². The van der Waals surface area contributed by atoms with Crippen LogP contribution in [-0.2, 0) is 0 Å². The van der Waals surface area contributed by atoms with Gasteiger partial charge < -0.3 is 0 Å². The molecule has 0 aromatic rings. The summed E-state index contributed by atoms with van der Waals surface area (Å²) in [5.74, 6) is 0.778. The first kappa shape index (κ1) is 11.7. The maximum atomic E-state index is 6.18. The molecular weight excluding hydrogens is 175 g/mol. The largest absolute Gasteiger partial charge is 0.0964 e. The first-order chi connectivity index (χ1) is 5.16. The molecule has 0 nitrogen and oxygen atoms in total. The molecule has 0 amide bonds. The van der Waals surface area contributed by atoms with Gasteiger partial charge in [0.15, 0.2) is 0 Å². The van der Waals surface area contributed by atoms with E-state index in [4.69, 9.17) is 11.2 Å². The quantitative estimate of drug-likeness (QED) is 0.432. The van der Waals surface area contributed by atoms with E-state index in [2.05, 4.69) is 20.8 Å². The molecular formula is C9H20ClP. The van der Waals surface area contributed by atoms with Gasteiger partial charge in [-0.15, -0.1) is 0 Å². The monoisotopic (exact) mass is 194 g/mol. The Hall–Kier alpha value is 0.720. The third-order valence-corrected chi connectivity index (χ3v) is 4.42. The Morgan fingerprint density at radius 3 is 2.36 bits per heavy atom. The average molecular weight is 195 g/mol. The minimum absolute atomic E-state index is 0.159. The summed E-state index contributed by atoms with van der Waals surface area (Å²) in [6, 6.07) is 0. The molecule has 0 fully saturated rings. The molecule has 0 saturated carbocycles. The van der Waals surface area contributed by atoms with Crippen molar-refractivity contribution in [2.75, 3.05) is 12.3 Å². The van der Waals surface area contributed by atoms with Crippen LogP contribution in [0.25, 0.3) is 0 Å². The zero-order valence-corrected chi connectivity index (χ0v) is 9.59. The highest BCUT2D eigenvalue weighted by Gasteiger charge is 2.05. The second-order valence-electron chi connectivity index (χ2n) is 3.47. The number of hydrogen-bond donors (Lipinski definition) is 0. The molecule has 0 radical (unpaired) electrons. The fraction of sp³-hybridized carbons (Fsp3) is 1.00. The highest BCUT2D eigenvalue weighted by Crippen LogP contribution is 2.43. The lowest BCUT2D eigenvalue weighted by atomic mass is 10.3. The molecule has 68 valence electrons. The molecule has 0 saturated heterocycles. The van der Waals surface area contributed by atoms with Gasteiger partial charge in [0.1, 0.15) is 0 Å². The van der Waals surface area contributed by atoms with E-state index in [0.29, 0.717) is 0 Å². The fourth-order valence-electron chi connectivity index (χ4n) is 1.02. The molecule has 11 heavy (non-hydrogen) atoms. The summed E-state index contributed by atoms with van der Waals surface area (Å²) in [5, 5.41) is 0. The Balaban J connectivity index is 3.15. The Kier molecular flexibility index (Phi) is 7.86. The van der Waals surface area contributed by atoms with Crippen LogP contribution in [0.4, 0.5) is 0 Å². The van der Waals surface area contributed by atoms with E-state index in [0.717, 1.165) is 5.92 Å². The SMILES string of the molecule is CCCCCP(Cl)CC(C)C.